The predicted octanol–water partition coefficient (Wildman–Crippen LogP) is 2.17. The van der Waals surface area contributed by atoms with Gasteiger partial charge in [0.1, 0.15) is 0 Å². The molecule has 0 radical (unpaired) electrons. The molecule has 0 amide bonds. The molecule has 2 atom stereocenters. The van der Waals surface area contributed by atoms with Gasteiger partial charge in [0.25, 0.3) is 0 Å². The summed E-state index contributed by atoms with van der Waals surface area (Å²) in [7, 11) is 0. The minimum atomic E-state index is 0.686. The molecule has 0 aromatic rings. The van der Waals surface area contributed by atoms with Crippen LogP contribution in [0.1, 0.15) is 39.5 Å². The summed E-state index contributed by atoms with van der Waals surface area (Å²) in [6.07, 6.45) is 5.96. The molecule has 2 aliphatic rings. The van der Waals surface area contributed by atoms with E-state index in [1.54, 1.807) is 0 Å². The summed E-state index contributed by atoms with van der Waals surface area (Å²) < 4.78 is 0. The molecule has 1 nitrogen and oxygen atoms in total. The molecule has 64 valence electrons. The lowest BCUT2D eigenvalue weighted by molar-refractivity contribution is 0.480. The Morgan fingerprint density at radius 2 is 1.64 bits per heavy atom. The first kappa shape index (κ1) is 7.60. The molecule has 0 bridgehead atoms. The van der Waals surface area contributed by atoms with Gasteiger partial charge in [-0.15, -0.1) is 0 Å². The highest BCUT2D eigenvalue weighted by Gasteiger charge is 2.50. The van der Waals surface area contributed by atoms with Crippen molar-refractivity contribution in [1.29, 1.82) is 0 Å². The van der Waals surface area contributed by atoms with Crippen LogP contribution < -0.4 is 5.32 Å². The number of hydrogen-bond donors (Lipinski definition) is 1. The zero-order valence-corrected chi connectivity index (χ0v) is 7.64. The van der Waals surface area contributed by atoms with E-state index < -0.39 is 0 Å². The third-order valence-electron chi connectivity index (χ3n) is 3.18. The van der Waals surface area contributed by atoms with Crippen molar-refractivity contribution < 1.29 is 0 Å². The summed E-state index contributed by atoms with van der Waals surface area (Å²) in [6, 6.07) is 1.59. The maximum Gasteiger partial charge on any atom is 0.0132 e. The number of nitrogens with one attached hydrogen (secondary N) is 1. The smallest absolute Gasteiger partial charge is 0.0132 e. The zero-order chi connectivity index (χ0) is 7.84. The molecule has 0 heterocycles. The molecule has 0 aromatic carbocycles. The van der Waals surface area contributed by atoms with Crippen molar-refractivity contribution in [1.82, 2.24) is 5.32 Å². The van der Waals surface area contributed by atoms with Crippen LogP contribution in [0, 0.1) is 11.8 Å². The normalized spacial score (nSPS) is 42.3. The van der Waals surface area contributed by atoms with Crippen molar-refractivity contribution in [2.45, 2.75) is 51.6 Å². The minimum Gasteiger partial charge on any atom is -0.311 e. The van der Waals surface area contributed by atoms with Gasteiger partial charge in [0, 0.05) is 12.1 Å². The topological polar surface area (TPSA) is 12.0 Å². The summed E-state index contributed by atoms with van der Waals surface area (Å²) in [5, 5.41) is 3.66. The van der Waals surface area contributed by atoms with Crippen molar-refractivity contribution in [3.8, 4) is 0 Å². The average molecular weight is 153 g/mol. The van der Waals surface area contributed by atoms with Gasteiger partial charge in [-0.3, -0.25) is 0 Å². The molecule has 1 heteroatoms. The van der Waals surface area contributed by atoms with Crippen LogP contribution in [0.4, 0.5) is 0 Å². The summed E-state index contributed by atoms with van der Waals surface area (Å²) in [5.41, 5.74) is 0. The molecule has 2 unspecified atom stereocenters. The Morgan fingerprint density at radius 1 is 1.09 bits per heavy atom. The number of fused-ring (bicyclic) bond motifs is 1. The van der Waals surface area contributed by atoms with Gasteiger partial charge in [-0.25, -0.2) is 0 Å². The standard InChI is InChI=1S/C10H19N/c1-7(2)11-10-8-5-3-4-6-9(8)10/h7-11H,3-6H2,1-2H3. The van der Waals surface area contributed by atoms with E-state index in [-0.39, 0.29) is 0 Å². The van der Waals surface area contributed by atoms with Crippen LogP contribution in [0.5, 0.6) is 0 Å². The summed E-state index contributed by atoms with van der Waals surface area (Å²) in [6.45, 7) is 4.51. The Kier molecular flexibility index (Phi) is 1.92. The first-order chi connectivity index (χ1) is 5.29. The number of hydrogen-bond acceptors (Lipinski definition) is 1. The van der Waals surface area contributed by atoms with E-state index in [1.807, 2.05) is 0 Å². The van der Waals surface area contributed by atoms with Crippen molar-refractivity contribution >= 4 is 0 Å². The fourth-order valence-electron chi connectivity index (χ4n) is 2.62. The Morgan fingerprint density at radius 3 is 2.09 bits per heavy atom. The molecule has 2 aliphatic carbocycles. The third-order valence-corrected chi connectivity index (χ3v) is 3.18. The van der Waals surface area contributed by atoms with Crippen LogP contribution in [0.2, 0.25) is 0 Å². The van der Waals surface area contributed by atoms with Crippen molar-refractivity contribution in [2.75, 3.05) is 0 Å². The molecule has 2 rings (SSSR count). The Bertz CT molecular complexity index is 130. The second-order valence-corrected chi connectivity index (χ2v) is 4.46. The summed E-state index contributed by atoms with van der Waals surface area (Å²) >= 11 is 0. The van der Waals surface area contributed by atoms with Crippen LogP contribution in [-0.4, -0.2) is 12.1 Å². The molecular formula is C10H19N. The Balaban J connectivity index is 1.81. The van der Waals surface area contributed by atoms with Gasteiger partial charge in [-0.05, 0) is 24.7 Å². The van der Waals surface area contributed by atoms with Crippen LogP contribution in [0.25, 0.3) is 0 Å². The maximum atomic E-state index is 3.66. The predicted molar refractivity (Wildman–Crippen MR) is 47.5 cm³/mol. The quantitative estimate of drug-likeness (QED) is 0.641. The van der Waals surface area contributed by atoms with Crippen molar-refractivity contribution in [2.24, 2.45) is 11.8 Å². The lowest BCUT2D eigenvalue weighted by atomic mass is 10.0. The van der Waals surface area contributed by atoms with Gasteiger partial charge in [0.2, 0.25) is 0 Å². The second kappa shape index (κ2) is 2.78. The van der Waals surface area contributed by atoms with Gasteiger partial charge < -0.3 is 5.32 Å². The molecule has 2 saturated carbocycles. The van der Waals surface area contributed by atoms with Gasteiger partial charge >= 0.3 is 0 Å². The van der Waals surface area contributed by atoms with Crippen molar-refractivity contribution in [3.63, 3.8) is 0 Å². The fourth-order valence-corrected chi connectivity index (χ4v) is 2.62. The Hall–Kier alpha value is -0.0400. The highest BCUT2D eigenvalue weighted by Crippen LogP contribution is 2.49. The summed E-state index contributed by atoms with van der Waals surface area (Å²) in [5.74, 6) is 2.12. The maximum absolute atomic E-state index is 3.66. The first-order valence-electron chi connectivity index (χ1n) is 5.05. The second-order valence-electron chi connectivity index (χ2n) is 4.46. The monoisotopic (exact) mass is 153 g/mol. The molecule has 0 saturated heterocycles. The van der Waals surface area contributed by atoms with E-state index in [2.05, 4.69) is 19.2 Å². The average Bonchev–Trinajstić information content (AvgIpc) is 2.64. The lowest BCUT2D eigenvalue weighted by Gasteiger charge is -2.05. The SMILES string of the molecule is CC(C)NC1C2CCCCC21. The zero-order valence-electron chi connectivity index (χ0n) is 7.64. The highest BCUT2D eigenvalue weighted by atomic mass is 15.0. The van der Waals surface area contributed by atoms with E-state index >= 15 is 0 Å². The van der Waals surface area contributed by atoms with Crippen LogP contribution in [0.3, 0.4) is 0 Å². The van der Waals surface area contributed by atoms with Crippen molar-refractivity contribution in [3.05, 3.63) is 0 Å². The molecule has 1 N–H and O–H groups in total. The Labute approximate surface area is 69.6 Å². The van der Waals surface area contributed by atoms with Gasteiger partial charge in [-0.1, -0.05) is 26.7 Å². The van der Waals surface area contributed by atoms with Gasteiger partial charge in [0.15, 0.2) is 0 Å². The van der Waals surface area contributed by atoms with Gasteiger partial charge in [-0.2, -0.15) is 0 Å². The van der Waals surface area contributed by atoms with Crippen LogP contribution in [-0.2, 0) is 0 Å². The van der Waals surface area contributed by atoms with E-state index in [0.29, 0.717) is 6.04 Å². The van der Waals surface area contributed by atoms with E-state index in [4.69, 9.17) is 0 Å². The fraction of sp³-hybridized carbons (Fsp3) is 1.00. The van der Waals surface area contributed by atoms with Crippen LogP contribution >= 0.6 is 0 Å². The van der Waals surface area contributed by atoms with Gasteiger partial charge in [0.05, 0.1) is 0 Å². The first-order valence-corrected chi connectivity index (χ1v) is 5.05. The van der Waals surface area contributed by atoms with Crippen LogP contribution in [0.15, 0.2) is 0 Å². The lowest BCUT2D eigenvalue weighted by Crippen LogP contribution is -2.26. The molecule has 0 aromatic heterocycles. The van der Waals surface area contributed by atoms with E-state index in [0.717, 1.165) is 17.9 Å². The molecule has 0 aliphatic heterocycles. The molecule has 2 fully saturated rings. The minimum absolute atomic E-state index is 0.686. The van der Waals surface area contributed by atoms with E-state index in [9.17, 15) is 0 Å². The summed E-state index contributed by atoms with van der Waals surface area (Å²) in [4.78, 5) is 0. The third kappa shape index (κ3) is 1.44. The largest absolute Gasteiger partial charge is 0.311 e. The molecular weight excluding hydrogens is 134 g/mol. The molecule has 11 heavy (non-hydrogen) atoms. The van der Waals surface area contributed by atoms with E-state index in [1.165, 1.54) is 25.7 Å². The number of rotatable bonds is 2. The highest BCUT2D eigenvalue weighted by molar-refractivity contribution is 5.04. The molecule has 0 spiro atoms.